The van der Waals surface area contributed by atoms with Crippen molar-refractivity contribution in [2.24, 2.45) is 0 Å². The number of aryl methyl sites for hydroxylation is 2. The minimum Gasteiger partial charge on any atom is -0.469 e. The summed E-state index contributed by atoms with van der Waals surface area (Å²) in [7, 11) is -3.63. The van der Waals surface area contributed by atoms with Crippen LogP contribution in [0.25, 0.3) is 0 Å². The van der Waals surface area contributed by atoms with Crippen molar-refractivity contribution in [3.8, 4) is 0 Å². The van der Waals surface area contributed by atoms with Crippen LogP contribution in [0.5, 0.6) is 0 Å². The smallest absolute Gasteiger partial charge is 0.246 e. The number of nitrogens with zero attached hydrogens (tertiary/aromatic N) is 1. The monoisotopic (exact) mass is 284 g/mol. The molecule has 1 atom stereocenters. The van der Waals surface area contributed by atoms with Crippen molar-refractivity contribution in [2.45, 2.75) is 38.1 Å². The van der Waals surface area contributed by atoms with E-state index in [0.29, 0.717) is 12.1 Å². The Balaban J connectivity index is 2.13. The van der Waals surface area contributed by atoms with Gasteiger partial charge in [-0.15, -0.1) is 0 Å². The maximum atomic E-state index is 12.2. The lowest BCUT2D eigenvalue weighted by atomic mass is 10.2. The molecule has 0 aromatic carbocycles. The first-order valence-corrected chi connectivity index (χ1v) is 7.36. The van der Waals surface area contributed by atoms with Gasteiger partial charge in [0.25, 0.3) is 0 Å². The molecule has 0 radical (unpaired) electrons. The molecule has 0 saturated heterocycles. The Bertz CT molecular complexity index is 624. The van der Waals surface area contributed by atoms with Crippen LogP contribution in [-0.2, 0) is 16.4 Å². The molecule has 104 valence electrons. The predicted molar refractivity (Wildman–Crippen MR) is 68.2 cm³/mol. The molecule has 0 spiro atoms. The van der Waals surface area contributed by atoms with Crippen molar-refractivity contribution < 1.29 is 17.4 Å². The van der Waals surface area contributed by atoms with E-state index in [9.17, 15) is 8.42 Å². The molecule has 2 rings (SSSR count). The second-order valence-corrected chi connectivity index (χ2v) is 6.11. The van der Waals surface area contributed by atoms with E-state index in [1.807, 2.05) is 0 Å². The average Bonchev–Trinajstić information content (AvgIpc) is 2.88. The van der Waals surface area contributed by atoms with E-state index in [1.165, 1.54) is 0 Å². The molecule has 0 saturated carbocycles. The Morgan fingerprint density at radius 1 is 1.42 bits per heavy atom. The van der Waals surface area contributed by atoms with Crippen LogP contribution in [0.2, 0.25) is 0 Å². The second kappa shape index (κ2) is 5.18. The molecule has 2 aromatic heterocycles. The van der Waals surface area contributed by atoms with Crippen LogP contribution < -0.4 is 4.72 Å². The first-order chi connectivity index (χ1) is 8.90. The fourth-order valence-corrected chi connectivity index (χ4v) is 3.53. The molecule has 0 aliphatic carbocycles. The lowest BCUT2D eigenvalue weighted by Gasteiger charge is -2.12. The quantitative estimate of drug-likeness (QED) is 0.904. The Hall–Kier alpha value is -1.60. The molecule has 6 nitrogen and oxygen atoms in total. The van der Waals surface area contributed by atoms with Crippen LogP contribution >= 0.6 is 0 Å². The zero-order valence-corrected chi connectivity index (χ0v) is 11.8. The molecule has 2 heterocycles. The normalized spacial score (nSPS) is 13.6. The topological polar surface area (TPSA) is 85.3 Å². The van der Waals surface area contributed by atoms with Gasteiger partial charge < -0.3 is 8.94 Å². The van der Waals surface area contributed by atoms with E-state index in [0.717, 1.165) is 5.76 Å². The van der Waals surface area contributed by atoms with E-state index in [2.05, 4.69) is 9.88 Å². The highest BCUT2D eigenvalue weighted by Gasteiger charge is 2.25. The van der Waals surface area contributed by atoms with Crippen LogP contribution in [0.3, 0.4) is 0 Å². The number of furan rings is 1. The highest BCUT2D eigenvalue weighted by atomic mass is 32.2. The molecule has 0 bridgehead atoms. The third-order valence-electron chi connectivity index (χ3n) is 2.68. The van der Waals surface area contributed by atoms with E-state index >= 15 is 0 Å². The Labute approximate surface area is 111 Å². The molecule has 0 fully saturated rings. The van der Waals surface area contributed by atoms with Gasteiger partial charge in [0.2, 0.25) is 10.0 Å². The number of sulfonamides is 1. The summed E-state index contributed by atoms with van der Waals surface area (Å²) in [5.41, 5.74) is 0.357. The molecular formula is C12H16N2O4S. The van der Waals surface area contributed by atoms with E-state index in [4.69, 9.17) is 8.94 Å². The second-order valence-electron chi connectivity index (χ2n) is 4.46. The molecule has 0 aliphatic rings. The maximum absolute atomic E-state index is 12.2. The summed E-state index contributed by atoms with van der Waals surface area (Å²) < 4.78 is 37.1. The molecular weight excluding hydrogens is 268 g/mol. The van der Waals surface area contributed by atoms with Gasteiger partial charge in [-0.2, -0.15) is 0 Å². The summed E-state index contributed by atoms with van der Waals surface area (Å²) in [5.74, 6) is 1.02. The third-order valence-corrected chi connectivity index (χ3v) is 4.51. The zero-order chi connectivity index (χ0) is 14.0. The Morgan fingerprint density at radius 3 is 2.68 bits per heavy atom. The van der Waals surface area contributed by atoms with Gasteiger partial charge in [0.15, 0.2) is 5.76 Å². The Kier molecular flexibility index (Phi) is 3.77. The van der Waals surface area contributed by atoms with Gasteiger partial charge in [-0.05, 0) is 32.9 Å². The minimum atomic E-state index is -3.63. The number of rotatable bonds is 5. The summed E-state index contributed by atoms with van der Waals surface area (Å²) in [5, 5.41) is 3.65. The van der Waals surface area contributed by atoms with Gasteiger partial charge in [0.05, 0.1) is 6.26 Å². The third kappa shape index (κ3) is 3.05. The number of hydrogen-bond acceptors (Lipinski definition) is 5. The maximum Gasteiger partial charge on any atom is 0.246 e. The van der Waals surface area contributed by atoms with Crippen LogP contribution in [0.4, 0.5) is 0 Å². The summed E-state index contributed by atoms with van der Waals surface area (Å²) >= 11 is 0. The summed E-state index contributed by atoms with van der Waals surface area (Å²) in [6.45, 7) is 4.95. The van der Waals surface area contributed by atoms with Crippen molar-refractivity contribution in [1.29, 1.82) is 0 Å². The first-order valence-electron chi connectivity index (χ1n) is 5.87. The highest BCUT2D eigenvalue weighted by Crippen LogP contribution is 2.19. The van der Waals surface area contributed by atoms with Gasteiger partial charge in [0.1, 0.15) is 16.3 Å². The fourth-order valence-electron chi connectivity index (χ4n) is 1.95. The molecule has 0 unspecified atom stereocenters. The SMILES string of the molecule is Cc1noc(C)c1S(=O)(=O)N[C@@H](C)Cc1ccco1. The number of aromatic nitrogens is 1. The largest absolute Gasteiger partial charge is 0.469 e. The minimum absolute atomic E-state index is 0.110. The Morgan fingerprint density at radius 2 is 2.16 bits per heavy atom. The van der Waals surface area contributed by atoms with E-state index in [-0.39, 0.29) is 16.7 Å². The molecule has 0 aliphatic heterocycles. The predicted octanol–water partition coefficient (Wildman–Crippen LogP) is 1.79. The van der Waals surface area contributed by atoms with Crippen LogP contribution in [-0.4, -0.2) is 19.6 Å². The molecule has 19 heavy (non-hydrogen) atoms. The van der Waals surface area contributed by atoms with Crippen molar-refractivity contribution in [1.82, 2.24) is 9.88 Å². The van der Waals surface area contributed by atoms with E-state index in [1.54, 1.807) is 39.2 Å². The standard InChI is InChI=1S/C12H16N2O4S/c1-8(7-11-5-4-6-17-11)14-19(15,16)12-9(2)13-18-10(12)3/h4-6,8,14H,7H2,1-3H3/t8-/m0/s1. The summed E-state index contributed by atoms with van der Waals surface area (Å²) in [6.07, 6.45) is 2.04. The molecule has 7 heteroatoms. The number of nitrogens with one attached hydrogen (secondary N) is 1. The fraction of sp³-hybridized carbons (Fsp3) is 0.417. The highest BCUT2D eigenvalue weighted by molar-refractivity contribution is 7.89. The number of hydrogen-bond donors (Lipinski definition) is 1. The first kappa shape index (κ1) is 13.8. The van der Waals surface area contributed by atoms with E-state index < -0.39 is 10.0 Å². The van der Waals surface area contributed by atoms with Crippen molar-refractivity contribution >= 4 is 10.0 Å². The van der Waals surface area contributed by atoms with Crippen LogP contribution in [0, 0.1) is 13.8 Å². The van der Waals surface area contributed by atoms with Crippen LogP contribution in [0.15, 0.2) is 32.2 Å². The molecule has 1 N–H and O–H groups in total. The van der Waals surface area contributed by atoms with Gasteiger partial charge >= 0.3 is 0 Å². The van der Waals surface area contributed by atoms with Gasteiger partial charge in [0, 0.05) is 12.5 Å². The zero-order valence-electron chi connectivity index (χ0n) is 11.0. The van der Waals surface area contributed by atoms with Gasteiger partial charge in [-0.3, -0.25) is 0 Å². The molecule has 0 amide bonds. The average molecular weight is 284 g/mol. The summed E-state index contributed by atoms with van der Waals surface area (Å²) in [6, 6.07) is 3.29. The van der Waals surface area contributed by atoms with Crippen molar-refractivity contribution in [3.05, 3.63) is 35.6 Å². The lowest BCUT2D eigenvalue weighted by molar-refractivity contribution is 0.390. The van der Waals surface area contributed by atoms with Gasteiger partial charge in [-0.1, -0.05) is 5.16 Å². The van der Waals surface area contributed by atoms with Crippen LogP contribution in [0.1, 0.15) is 24.1 Å². The van der Waals surface area contributed by atoms with Crippen molar-refractivity contribution in [3.63, 3.8) is 0 Å². The van der Waals surface area contributed by atoms with Crippen molar-refractivity contribution in [2.75, 3.05) is 0 Å². The van der Waals surface area contributed by atoms with Gasteiger partial charge in [-0.25, -0.2) is 13.1 Å². The lowest BCUT2D eigenvalue weighted by Crippen LogP contribution is -2.34. The molecule has 2 aromatic rings. The summed E-state index contributed by atoms with van der Waals surface area (Å²) in [4.78, 5) is 0.110.